The van der Waals surface area contributed by atoms with Crippen LogP contribution in [0.3, 0.4) is 0 Å². The molecule has 0 atom stereocenters. The number of ether oxygens (including phenoxy) is 1. The Balaban J connectivity index is 1.51. The SMILES string of the molecule is CC(C)(C)OC(=O)N1CCN(C(=S)NC(=O)c2ccc(-c3ccccc3)cc2)CC1. The zero-order chi connectivity index (χ0) is 21.7. The van der Waals surface area contributed by atoms with E-state index in [4.69, 9.17) is 17.0 Å². The van der Waals surface area contributed by atoms with Crippen LogP contribution < -0.4 is 5.32 Å². The molecule has 7 heteroatoms. The molecule has 1 fully saturated rings. The Morgan fingerprint density at radius 3 is 1.97 bits per heavy atom. The molecular weight excluding hydrogens is 398 g/mol. The maximum atomic E-state index is 12.6. The molecule has 1 N–H and O–H groups in total. The molecule has 30 heavy (non-hydrogen) atoms. The molecule has 0 bridgehead atoms. The van der Waals surface area contributed by atoms with Crippen LogP contribution in [-0.4, -0.2) is 58.7 Å². The Labute approximate surface area is 182 Å². The lowest BCUT2D eigenvalue weighted by atomic mass is 10.0. The van der Waals surface area contributed by atoms with Gasteiger partial charge in [0.15, 0.2) is 5.11 Å². The topological polar surface area (TPSA) is 61.9 Å². The van der Waals surface area contributed by atoms with Crippen molar-refractivity contribution in [2.45, 2.75) is 26.4 Å². The normalized spacial score (nSPS) is 14.2. The minimum atomic E-state index is -0.520. The number of hydrogen-bond donors (Lipinski definition) is 1. The van der Waals surface area contributed by atoms with Gasteiger partial charge in [0.05, 0.1) is 0 Å². The van der Waals surface area contributed by atoms with E-state index in [0.717, 1.165) is 11.1 Å². The van der Waals surface area contributed by atoms with Gasteiger partial charge in [0.25, 0.3) is 5.91 Å². The van der Waals surface area contributed by atoms with Gasteiger partial charge in [0.2, 0.25) is 0 Å². The fourth-order valence-electron chi connectivity index (χ4n) is 3.11. The molecule has 1 heterocycles. The summed E-state index contributed by atoms with van der Waals surface area (Å²) >= 11 is 5.40. The molecule has 1 aliphatic heterocycles. The second-order valence-corrected chi connectivity index (χ2v) is 8.54. The van der Waals surface area contributed by atoms with E-state index in [0.29, 0.717) is 36.9 Å². The van der Waals surface area contributed by atoms with Crippen LogP contribution in [0.25, 0.3) is 11.1 Å². The van der Waals surface area contributed by atoms with Crippen molar-refractivity contribution >= 4 is 29.3 Å². The van der Waals surface area contributed by atoms with Crippen LogP contribution >= 0.6 is 12.2 Å². The molecule has 2 aromatic carbocycles. The molecule has 1 aliphatic rings. The predicted octanol–water partition coefficient (Wildman–Crippen LogP) is 3.92. The van der Waals surface area contributed by atoms with Gasteiger partial charge in [0.1, 0.15) is 5.60 Å². The van der Waals surface area contributed by atoms with E-state index < -0.39 is 5.60 Å². The highest BCUT2D eigenvalue weighted by Gasteiger charge is 2.27. The average Bonchev–Trinajstić information content (AvgIpc) is 2.73. The summed E-state index contributed by atoms with van der Waals surface area (Å²) < 4.78 is 5.40. The highest BCUT2D eigenvalue weighted by molar-refractivity contribution is 7.80. The first-order chi connectivity index (χ1) is 14.2. The number of rotatable bonds is 2. The number of carbonyl (C=O) groups is 2. The van der Waals surface area contributed by atoms with Gasteiger partial charge in [-0.1, -0.05) is 42.5 Å². The molecule has 2 amide bonds. The Hall–Kier alpha value is -2.93. The van der Waals surface area contributed by atoms with Gasteiger partial charge in [-0.3, -0.25) is 10.1 Å². The van der Waals surface area contributed by atoms with E-state index in [2.05, 4.69) is 5.32 Å². The van der Waals surface area contributed by atoms with E-state index in [1.54, 1.807) is 17.0 Å². The van der Waals surface area contributed by atoms with Crippen molar-refractivity contribution in [3.63, 3.8) is 0 Å². The van der Waals surface area contributed by atoms with E-state index in [-0.39, 0.29) is 12.0 Å². The highest BCUT2D eigenvalue weighted by atomic mass is 32.1. The third-order valence-electron chi connectivity index (χ3n) is 4.69. The second kappa shape index (κ2) is 9.26. The third-order valence-corrected chi connectivity index (χ3v) is 5.05. The van der Waals surface area contributed by atoms with Crippen molar-refractivity contribution in [2.24, 2.45) is 0 Å². The Kier molecular flexibility index (Phi) is 6.72. The van der Waals surface area contributed by atoms with Crippen molar-refractivity contribution in [1.29, 1.82) is 0 Å². The Morgan fingerprint density at radius 2 is 1.40 bits per heavy atom. The van der Waals surface area contributed by atoms with Crippen LogP contribution in [0.1, 0.15) is 31.1 Å². The molecule has 3 rings (SSSR count). The fraction of sp³-hybridized carbons (Fsp3) is 0.348. The molecule has 0 aliphatic carbocycles. The lowest BCUT2D eigenvalue weighted by Crippen LogP contribution is -2.54. The van der Waals surface area contributed by atoms with Gasteiger partial charge in [-0.15, -0.1) is 0 Å². The van der Waals surface area contributed by atoms with E-state index >= 15 is 0 Å². The van der Waals surface area contributed by atoms with Gasteiger partial charge in [-0.25, -0.2) is 4.79 Å². The van der Waals surface area contributed by atoms with E-state index in [9.17, 15) is 9.59 Å². The van der Waals surface area contributed by atoms with Crippen LogP contribution in [0.4, 0.5) is 4.79 Å². The monoisotopic (exact) mass is 425 g/mol. The first-order valence-electron chi connectivity index (χ1n) is 9.96. The predicted molar refractivity (Wildman–Crippen MR) is 121 cm³/mol. The summed E-state index contributed by atoms with van der Waals surface area (Å²) in [6, 6.07) is 17.4. The number of amides is 2. The lowest BCUT2D eigenvalue weighted by Gasteiger charge is -2.36. The largest absolute Gasteiger partial charge is 0.444 e. The van der Waals surface area contributed by atoms with Crippen molar-refractivity contribution in [1.82, 2.24) is 15.1 Å². The number of benzene rings is 2. The van der Waals surface area contributed by atoms with Crippen molar-refractivity contribution in [2.75, 3.05) is 26.2 Å². The number of piperazine rings is 1. The number of nitrogens with one attached hydrogen (secondary N) is 1. The molecule has 0 unspecified atom stereocenters. The highest BCUT2D eigenvalue weighted by Crippen LogP contribution is 2.19. The summed E-state index contributed by atoms with van der Waals surface area (Å²) in [4.78, 5) is 28.3. The molecule has 0 spiro atoms. The Morgan fingerprint density at radius 1 is 0.867 bits per heavy atom. The van der Waals surface area contributed by atoms with Crippen molar-refractivity contribution in [3.05, 3.63) is 60.2 Å². The molecule has 6 nitrogen and oxygen atoms in total. The summed E-state index contributed by atoms with van der Waals surface area (Å²) in [5.74, 6) is -0.241. The van der Waals surface area contributed by atoms with Gasteiger partial charge in [-0.05, 0) is 56.2 Å². The van der Waals surface area contributed by atoms with Crippen LogP contribution in [0.15, 0.2) is 54.6 Å². The molecule has 0 saturated carbocycles. The van der Waals surface area contributed by atoms with Gasteiger partial charge < -0.3 is 14.5 Å². The minimum absolute atomic E-state index is 0.241. The second-order valence-electron chi connectivity index (χ2n) is 8.16. The number of carbonyl (C=O) groups excluding carboxylic acids is 2. The van der Waals surface area contributed by atoms with Gasteiger partial charge >= 0.3 is 6.09 Å². The van der Waals surface area contributed by atoms with Gasteiger partial charge in [-0.2, -0.15) is 0 Å². The Bertz CT molecular complexity index is 900. The molecular formula is C23H27N3O3S. The first-order valence-corrected chi connectivity index (χ1v) is 10.4. The summed E-state index contributed by atoms with van der Waals surface area (Å²) in [6.07, 6.45) is -0.324. The zero-order valence-electron chi connectivity index (χ0n) is 17.6. The summed E-state index contributed by atoms with van der Waals surface area (Å²) in [7, 11) is 0. The number of thiocarbonyl (C=S) groups is 1. The van der Waals surface area contributed by atoms with Crippen LogP contribution in [0, 0.1) is 0 Å². The van der Waals surface area contributed by atoms with Crippen molar-refractivity contribution < 1.29 is 14.3 Å². The zero-order valence-corrected chi connectivity index (χ0v) is 18.4. The molecule has 0 radical (unpaired) electrons. The molecule has 158 valence electrons. The molecule has 0 aromatic heterocycles. The van der Waals surface area contributed by atoms with Gasteiger partial charge in [0, 0.05) is 31.7 Å². The fourth-order valence-corrected chi connectivity index (χ4v) is 3.39. The number of hydrogen-bond acceptors (Lipinski definition) is 4. The summed E-state index contributed by atoms with van der Waals surface area (Å²) in [5.41, 5.74) is 2.17. The molecule has 2 aromatic rings. The quantitative estimate of drug-likeness (QED) is 0.739. The maximum absolute atomic E-state index is 12.6. The minimum Gasteiger partial charge on any atom is -0.444 e. The molecule has 1 saturated heterocycles. The summed E-state index contributed by atoms with van der Waals surface area (Å²) in [5, 5.41) is 3.16. The van der Waals surface area contributed by atoms with E-state index in [1.807, 2.05) is 68.1 Å². The van der Waals surface area contributed by atoms with Crippen LogP contribution in [0.2, 0.25) is 0 Å². The maximum Gasteiger partial charge on any atom is 0.410 e. The first kappa shape index (κ1) is 21.8. The summed E-state index contributed by atoms with van der Waals surface area (Å²) in [6.45, 7) is 7.62. The standard InChI is InChI=1S/C23H27N3O3S/c1-23(2,3)29-22(28)26-15-13-25(14-16-26)21(30)24-20(27)19-11-9-18(10-12-19)17-7-5-4-6-8-17/h4-12H,13-16H2,1-3H3,(H,24,27,30). The van der Waals surface area contributed by atoms with Crippen LogP contribution in [0.5, 0.6) is 0 Å². The van der Waals surface area contributed by atoms with Crippen LogP contribution in [-0.2, 0) is 4.74 Å². The van der Waals surface area contributed by atoms with Crippen molar-refractivity contribution in [3.8, 4) is 11.1 Å². The lowest BCUT2D eigenvalue weighted by molar-refractivity contribution is 0.0186. The average molecular weight is 426 g/mol. The van der Waals surface area contributed by atoms with E-state index in [1.165, 1.54) is 0 Å². The third kappa shape index (κ3) is 5.79. The smallest absolute Gasteiger partial charge is 0.410 e. The number of nitrogens with zero attached hydrogens (tertiary/aromatic N) is 2.